The molecule has 0 unspecified atom stereocenters. The number of aryl methyl sites for hydroxylation is 1. The Bertz CT molecular complexity index is 361. The molecule has 0 atom stereocenters. The number of nitrogens with one attached hydrogen (secondary N) is 2. The van der Waals surface area contributed by atoms with Crippen LogP contribution in [0.15, 0.2) is 12.3 Å². The van der Waals surface area contributed by atoms with Gasteiger partial charge in [-0.1, -0.05) is 0 Å². The highest BCUT2D eigenvalue weighted by Gasteiger charge is 2.01. The van der Waals surface area contributed by atoms with Crippen molar-refractivity contribution >= 4 is 17.3 Å². The zero-order chi connectivity index (χ0) is 13.4. The lowest BCUT2D eigenvalue weighted by molar-refractivity contribution is 0.400. The van der Waals surface area contributed by atoms with Crippen LogP contribution in [-0.4, -0.2) is 47.0 Å². The van der Waals surface area contributed by atoms with Crippen LogP contribution in [0.3, 0.4) is 0 Å². The molecule has 18 heavy (non-hydrogen) atoms. The standard InChI is InChI=1S/C12H23N5S/c1-4-17-11(6-8-15-17)10-14-12(18)13-7-5-9-16(2)3/h6,8H,4-5,7,9-10H2,1-3H3,(H2,13,14,18). The van der Waals surface area contributed by atoms with Gasteiger partial charge < -0.3 is 15.5 Å². The lowest BCUT2D eigenvalue weighted by Crippen LogP contribution is -2.36. The molecule has 0 aliphatic carbocycles. The molecule has 0 fully saturated rings. The minimum absolute atomic E-state index is 0.706. The van der Waals surface area contributed by atoms with Crippen LogP contribution in [-0.2, 0) is 13.1 Å². The van der Waals surface area contributed by atoms with E-state index in [-0.39, 0.29) is 0 Å². The summed E-state index contributed by atoms with van der Waals surface area (Å²) in [5.74, 6) is 0. The summed E-state index contributed by atoms with van der Waals surface area (Å²) in [4.78, 5) is 2.16. The lowest BCUT2D eigenvalue weighted by atomic mass is 10.4. The Labute approximate surface area is 115 Å². The molecule has 2 N–H and O–H groups in total. The molecule has 1 rings (SSSR count). The molecule has 6 heteroatoms. The second-order valence-electron chi connectivity index (χ2n) is 4.40. The molecule has 0 aliphatic rings. The average molecular weight is 269 g/mol. The summed E-state index contributed by atoms with van der Waals surface area (Å²) in [7, 11) is 4.14. The molecular formula is C12H23N5S. The molecule has 102 valence electrons. The summed E-state index contributed by atoms with van der Waals surface area (Å²) in [5, 5.41) is 11.3. The van der Waals surface area contributed by atoms with Crippen molar-refractivity contribution in [3.63, 3.8) is 0 Å². The number of hydrogen-bond acceptors (Lipinski definition) is 3. The quantitative estimate of drug-likeness (QED) is 0.567. The molecule has 0 amide bonds. The van der Waals surface area contributed by atoms with Crippen molar-refractivity contribution in [1.82, 2.24) is 25.3 Å². The van der Waals surface area contributed by atoms with Crippen molar-refractivity contribution < 1.29 is 0 Å². The van der Waals surface area contributed by atoms with Crippen molar-refractivity contribution in [1.29, 1.82) is 0 Å². The fourth-order valence-electron chi connectivity index (χ4n) is 1.63. The molecule has 0 saturated heterocycles. The van der Waals surface area contributed by atoms with Crippen molar-refractivity contribution in [2.45, 2.75) is 26.4 Å². The van der Waals surface area contributed by atoms with Gasteiger partial charge in [0.2, 0.25) is 0 Å². The summed E-state index contributed by atoms with van der Waals surface area (Å²) in [6.07, 6.45) is 2.90. The van der Waals surface area contributed by atoms with Crippen LogP contribution in [0.25, 0.3) is 0 Å². The molecule has 0 bridgehead atoms. The maximum absolute atomic E-state index is 5.22. The van der Waals surface area contributed by atoms with E-state index in [9.17, 15) is 0 Å². The minimum Gasteiger partial charge on any atom is -0.363 e. The van der Waals surface area contributed by atoms with E-state index in [4.69, 9.17) is 12.2 Å². The van der Waals surface area contributed by atoms with Gasteiger partial charge in [0.25, 0.3) is 0 Å². The topological polar surface area (TPSA) is 45.1 Å². The first-order chi connectivity index (χ1) is 8.63. The van der Waals surface area contributed by atoms with Gasteiger partial charge in [-0.2, -0.15) is 5.10 Å². The normalized spacial score (nSPS) is 10.7. The highest BCUT2D eigenvalue weighted by Crippen LogP contribution is 1.97. The Morgan fingerprint density at radius 2 is 2.22 bits per heavy atom. The molecule has 1 aromatic rings. The lowest BCUT2D eigenvalue weighted by Gasteiger charge is -2.13. The monoisotopic (exact) mass is 269 g/mol. The number of thiocarbonyl (C=S) groups is 1. The second-order valence-corrected chi connectivity index (χ2v) is 4.81. The maximum atomic E-state index is 5.22. The molecule has 1 aromatic heterocycles. The number of rotatable bonds is 7. The van der Waals surface area contributed by atoms with Gasteiger partial charge in [0.15, 0.2) is 5.11 Å². The third-order valence-electron chi connectivity index (χ3n) is 2.60. The zero-order valence-electron chi connectivity index (χ0n) is 11.4. The van der Waals surface area contributed by atoms with Crippen LogP contribution in [0.4, 0.5) is 0 Å². The fourth-order valence-corrected chi connectivity index (χ4v) is 1.80. The second kappa shape index (κ2) is 8.05. The average Bonchev–Trinajstić information content (AvgIpc) is 2.79. The Morgan fingerprint density at radius 3 is 2.89 bits per heavy atom. The molecular weight excluding hydrogens is 246 g/mol. The smallest absolute Gasteiger partial charge is 0.166 e. The summed E-state index contributed by atoms with van der Waals surface area (Å²) in [5.41, 5.74) is 1.15. The van der Waals surface area contributed by atoms with Crippen LogP contribution >= 0.6 is 12.2 Å². The maximum Gasteiger partial charge on any atom is 0.166 e. The first-order valence-electron chi connectivity index (χ1n) is 6.30. The van der Waals surface area contributed by atoms with Gasteiger partial charge in [-0.15, -0.1) is 0 Å². The van der Waals surface area contributed by atoms with Crippen LogP contribution in [0.1, 0.15) is 19.0 Å². The number of aromatic nitrogens is 2. The Morgan fingerprint density at radius 1 is 1.44 bits per heavy atom. The van der Waals surface area contributed by atoms with Crippen molar-refractivity contribution in [2.75, 3.05) is 27.2 Å². The highest BCUT2D eigenvalue weighted by atomic mass is 32.1. The van der Waals surface area contributed by atoms with Crippen LogP contribution in [0.5, 0.6) is 0 Å². The zero-order valence-corrected chi connectivity index (χ0v) is 12.3. The van der Waals surface area contributed by atoms with Crippen molar-refractivity contribution in [3.8, 4) is 0 Å². The molecule has 1 heterocycles. The first kappa shape index (κ1) is 14.9. The predicted octanol–water partition coefficient (Wildman–Crippen LogP) is 0.819. The third kappa shape index (κ3) is 5.46. The van der Waals surface area contributed by atoms with Crippen LogP contribution in [0.2, 0.25) is 0 Å². The molecule has 0 aliphatic heterocycles. The van der Waals surface area contributed by atoms with Crippen molar-refractivity contribution in [3.05, 3.63) is 18.0 Å². The van der Waals surface area contributed by atoms with E-state index in [0.717, 1.165) is 31.7 Å². The molecule has 0 saturated carbocycles. The van der Waals surface area contributed by atoms with Crippen molar-refractivity contribution in [2.24, 2.45) is 0 Å². The summed E-state index contributed by atoms with van der Waals surface area (Å²) in [6, 6.07) is 2.01. The van der Waals surface area contributed by atoms with Gasteiger partial charge in [0.05, 0.1) is 12.2 Å². The largest absolute Gasteiger partial charge is 0.363 e. The summed E-state index contributed by atoms with van der Waals surface area (Å²) < 4.78 is 1.96. The number of hydrogen-bond donors (Lipinski definition) is 2. The third-order valence-corrected chi connectivity index (χ3v) is 2.89. The first-order valence-corrected chi connectivity index (χ1v) is 6.71. The Kier molecular flexibility index (Phi) is 6.67. The van der Waals surface area contributed by atoms with Gasteiger partial charge in [-0.3, -0.25) is 4.68 Å². The highest BCUT2D eigenvalue weighted by molar-refractivity contribution is 7.80. The van der Waals surface area contributed by atoms with E-state index < -0.39 is 0 Å². The van der Waals surface area contributed by atoms with E-state index in [1.807, 2.05) is 16.9 Å². The van der Waals surface area contributed by atoms with Crippen LogP contribution < -0.4 is 10.6 Å². The Balaban J connectivity index is 2.17. The molecule has 5 nitrogen and oxygen atoms in total. The van der Waals surface area contributed by atoms with Gasteiger partial charge in [-0.05, 0) is 52.3 Å². The molecule has 0 spiro atoms. The van der Waals surface area contributed by atoms with Gasteiger partial charge in [-0.25, -0.2) is 0 Å². The minimum atomic E-state index is 0.706. The van der Waals surface area contributed by atoms with E-state index in [1.165, 1.54) is 0 Å². The van der Waals surface area contributed by atoms with Crippen LogP contribution in [0, 0.1) is 0 Å². The summed E-state index contributed by atoms with van der Waals surface area (Å²) in [6.45, 7) is 5.64. The van der Waals surface area contributed by atoms with E-state index >= 15 is 0 Å². The number of nitrogens with zero attached hydrogens (tertiary/aromatic N) is 3. The van der Waals surface area contributed by atoms with E-state index in [2.05, 4.69) is 41.7 Å². The van der Waals surface area contributed by atoms with Gasteiger partial charge in [0.1, 0.15) is 0 Å². The predicted molar refractivity (Wildman–Crippen MR) is 78.5 cm³/mol. The fraction of sp³-hybridized carbons (Fsp3) is 0.667. The SMILES string of the molecule is CCn1nccc1CNC(=S)NCCCN(C)C. The van der Waals surface area contributed by atoms with E-state index in [1.54, 1.807) is 0 Å². The molecule has 0 radical (unpaired) electrons. The summed E-state index contributed by atoms with van der Waals surface area (Å²) >= 11 is 5.22. The van der Waals surface area contributed by atoms with Gasteiger partial charge in [0, 0.05) is 19.3 Å². The van der Waals surface area contributed by atoms with Gasteiger partial charge >= 0.3 is 0 Å². The van der Waals surface area contributed by atoms with E-state index in [0.29, 0.717) is 11.7 Å². The Hall–Kier alpha value is -1.14. The molecule has 0 aromatic carbocycles.